The van der Waals surface area contributed by atoms with Crippen LogP contribution >= 0.6 is 0 Å². The normalized spacial score (nSPS) is 8.33. The molecule has 0 atom stereocenters. The molecule has 3 nitrogen and oxygen atoms in total. The summed E-state index contributed by atoms with van der Waals surface area (Å²) in [5.41, 5.74) is 0.418. The largest absolute Gasteiger partial charge is 0.459 e. The van der Waals surface area contributed by atoms with Gasteiger partial charge in [-0.3, -0.25) is 0 Å². The Labute approximate surface area is 86.1 Å². The third-order valence-corrected chi connectivity index (χ3v) is 1.52. The summed E-state index contributed by atoms with van der Waals surface area (Å²) in [6, 6.07) is 5.40. The van der Waals surface area contributed by atoms with Crippen LogP contribution in [-0.2, 0) is 9.53 Å². The average Bonchev–Trinajstić information content (AvgIpc) is 2.25. The van der Waals surface area contributed by atoms with Crippen LogP contribution in [0.1, 0.15) is 11.1 Å². The van der Waals surface area contributed by atoms with Gasteiger partial charge in [0.1, 0.15) is 5.82 Å². The van der Waals surface area contributed by atoms with Gasteiger partial charge in [-0.1, -0.05) is 5.92 Å². The second-order valence-electron chi connectivity index (χ2n) is 2.58. The molecule has 0 unspecified atom stereocenters. The number of nitrogens with zero attached hydrogens (tertiary/aromatic N) is 1. The van der Waals surface area contributed by atoms with Crippen molar-refractivity contribution in [1.82, 2.24) is 0 Å². The first-order valence-corrected chi connectivity index (χ1v) is 3.96. The lowest BCUT2D eigenvalue weighted by Gasteiger charge is -1.93. The molecule has 0 aliphatic heterocycles. The van der Waals surface area contributed by atoms with E-state index < -0.39 is 11.8 Å². The van der Waals surface area contributed by atoms with Gasteiger partial charge >= 0.3 is 5.97 Å². The number of rotatable bonds is 0. The van der Waals surface area contributed by atoms with Crippen LogP contribution in [0.15, 0.2) is 18.2 Å². The molecule has 0 saturated carbocycles. The van der Waals surface area contributed by atoms with Crippen molar-refractivity contribution in [3.8, 4) is 17.9 Å². The molecule has 0 heterocycles. The maximum absolute atomic E-state index is 12.9. The van der Waals surface area contributed by atoms with Gasteiger partial charge in [-0.15, -0.1) is 0 Å². The Hall–Kier alpha value is -2.33. The summed E-state index contributed by atoms with van der Waals surface area (Å²) >= 11 is 0. The molecule has 0 N–H and O–H groups in total. The number of hydrogen-bond donors (Lipinski definition) is 0. The molecule has 0 saturated heterocycles. The first kappa shape index (κ1) is 10.7. The highest BCUT2D eigenvalue weighted by Gasteiger charge is 1.98. The second-order valence-corrected chi connectivity index (χ2v) is 2.58. The van der Waals surface area contributed by atoms with Crippen LogP contribution in [0.3, 0.4) is 0 Å². The maximum Gasteiger partial charge on any atom is 0.384 e. The van der Waals surface area contributed by atoms with Crippen molar-refractivity contribution in [1.29, 1.82) is 5.26 Å². The van der Waals surface area contributed by atoms with E-state index in [2.05, 4.69) is 16.6 Å². The molecule has 1 aromatic rings. The predicted octanol–water partition coefficient (Wildman–Crippen LogP) is 1.22. The van der Waals surface area contributed by atoms with Gasteiger partial charge in [0, 0.05) is 11.5 Å². The number of methoxy groups -OCH3 is 1. The van der Waals surface area contributed by atoms with E-state index in [-0.39, 0.29) is 11.1 Å². The molecule has 0 aromatic heterocycles. The number of hydrogen-bond acceptors (Lipinski definition) is 3. The molecule has 0 aliphatic rings. The minimum atomic E-state index is -0.710. The van der Waals surface area contributed by atoms with Crippen molar-refractivity contribution in [3.05, 3.63) is 35.1 Å². The molecule has 0 amide bonds. The van der Waals surface area contributed by atoms with Gasteiger partial charge in [-0.25, -0.2) is 9.18 Å². The van der Waals surface area contributed by atoms with Crippen molar-refractivity contribution in [2.24, 2.45) is 0 Å². The zero-order chi connectivity index (χ0) is 11.3. The molecule has 1 aromatic carbocycles. The van der Waals surface area contributed by atoms with E-state index >= 15 is 0 Å². The number of carbonyl (C=O) groups is 1. The van der Waals surface area contributed by atoms with Crippen molar-refractivity contribution < 1.29 is 13.9 Å². The van der Waals surface area contributed by atoms with Crippen LogP contribution in [0.25, 0.3) is 0 Å². The fourth-order valence-corrected chi connectivity index (χ4v) is 0.901. The average molecular weight is 203 g/mol. The molecule has 74 valence electrons. The number of halogens is 1. The third-order valence-electron chi connectivity index (χ3n) is 1.52. The van der Waals surface area contributed by atoms with E-state index in [1.807, 2.05) is 0 Å². The van der Waals surface area contributed by atoms with Crippen molar-refractivity contribution in [3.63, 3.8) is 0 Å². The van der Waals surface area contributed by atoms with Crippen LogP contribution < -0.4 is 0 Å². The van der Waals surface area contributed by atoms with Gasteiger partial charge in [0.05, 0.1) is 18.7 Å². The Balaban J connectivity index is 3.04. The molecule has 0 aliphatic carbocycles. The van der Waals surface area contributed by atoms with Gasteiger partial charge in [-0.2, -0.15) is 5.26 Å². The topological polar surface area (TPSA) is 50.1 Å². The fraction of sp³-hybridized carbons (Fsp3) is 0.0909. The summed E-state index contributed by atoms with van der Waals surface area (Å²) in [4.78, 5) is 10.7. The van der Waals surface area contributed by atoms with Gasteiger partial charge in [-0.05, 0) is 18.2 Å². The zero-order valence-electron chi connectivity index (χ0n) is 7.87. The first-order valence-electron chi connectivity index (χ1n) is 3.96. The predicted molar refractivity (Wildman–Crippen MR) is 50.0 cm³/mol. The Kier molecular flexibility index (Phi) is 3.43. The number of esters is 1. The van der Waals surface area contributed by atoms with E-state index in [9.17, 15) is 9.18 Å². The Morgan fingerprint density at radius 3 is 2.67 bits per heavy atom. The molecule has 1 rings (SSSR count). The van der Waals surface area contributed by atoms with Crippen molar-refractivity contribution in [2.45, 2.75) is 0 Å². The monoisotopic (exact) mass is 203 g/mol. The molecule has 15 heavy (non-hydrogen) atoms. The van der Waals surface area contributed by atoms with E-state index in [0.717, 1.165) is 12.1 Å². The van der Waals surface area contributed by atoms with E-state index in [1.165, 1.54) is 13.2 Å². The molecule has 0 bridgehead atoms. The molecule has 4 heteroatoms. The molecule has 0 spiro atoms. The Morgan fingerprint density at radius 1 is 1.40 bits per heavy atom. The number of carbonyl (C=O) groups excluding carboxylic acids is 1. The molecule has 0 fully saturated rings. The lowest BCUT2D eigenvalue weighted by Crippen LogP contribution is -1.94. The van der Waals surface area contributed by atoms with Gasteiger partial charge in [0.15, 0.2) is 0 Å². The first-order chi connectivity index (χ1) is 7.15. The third kappa shape index (κ3) is 3.13. The van der Waals surface area contributed by atoms with Gasteiger partial charge in [0.2, 0.25) is 0 Å². The molecule has 0 radical (unpaired) electrons. The zero-order valence-corrected chi connectivity index (χ0v) is 7.87. The Morgan fingerprint density at radius 2 is 2.07 bits per heavy atom. The summed E-state index contributed by atoms with van der Waals surface area (Å²) in [7, 11) is 1.20. The van der Waals surface area contributed by atoms with Gasteiger partial charge in [0.25, 0.3) is 0 Å². The highest BCUT2D eigenvalue weighted by molar-refractivity contribution is 5.89. The van der Waals surface area contributed by atoms with E-state index in [4.69, 9.17) is 5.26 Å². The summed E-state index contributed by atoms with van der Waals surface area (Å²) in [6.45, 7) is 0. The molecular formula is C11H6FNO2. The van der Waals surface area contributed by atoms with Crippen LogP contribution in [0.5, 0.6) is 0 Å². The summed E-state index contributed by atoms with van der Waals surface area (Å²) in [5, 5.41) is 8.55. The summed E-state index contributed by atoms with van der Waals surface area (Å²) in [5.74, 6) is 3.26. The summed E-state index contributed by atoms with van der Waals surface area (Å²) < 4.78 is 17.2. The van der Waals surface area contributed by atoms with Crippen LogP contribution in [-0.4, -0.2) is 13.1 Å². The van der Waals surface area contributed by atoms with Crippen LogP contribution in [0.2, 0.25) is 0 Å². The van der Waals surface area contributed by atoms with Crippen LogP contribution in [0, 0.1) is 29.0 Å². The lowest BCUT2D eigenvalue weighted by atomic mass is 10.1. The number of nitriles is 1. The standard InChI is InChI=1S/C11H6FNO2/c1-15-11(14)3-2-8-4-9(7-13)6-10(12)5-8/h4-6H,1H3. The number of benzene rings is 1. The van der Waals surface area contributed by atoms with E-state index in [0.29, 0.717) is 0 Å². The molecular weight excluding hydrogens is 197 g/mol. The minimum absolute atomic E-state index is 0.157. The Bertz CT molecular complexity index is 492. The second kappa shape index (κ2) is 4.78. The highest BCUT2D eigenvalue weighted by atomic mass is 19.1. The van der Waals surface area contributed by atoms with E-state index in [1.54, 1.807) is 6.07 Å². The smallest absolute Gasteiger partial charge is 0.384 e. The fourth-order valence-electron chi connectivity index (χ4n) is 0.901. The SMILES string of the molecule is COC(=O)C#Cc1cc(F)cc(C#N)c1. The highest BCUT2D eigenvalue weighted by Crippen LogP contribution is 2.07. The van der Waals surface area contributed by atoms with Crippen molar-refractivity contribution >= 4 is 5.97 Å². The summed E-state index contributed by atoms with van der Waals surface area (Å²) in [6.07, 6.45) is 0. The number of ether oxygens (including phenoxy) is 1. The van der Waals surface area contributed by atoms with Gasteiger partial charge < -0.3 is 4.74 Å². The minimum Gasteiger partial charge on any atom is -0.459 e. The van der Waals surface area contributed by atoms with Crippen LogP contribution in [0.4, 0.5) is 4.39 Å². The van der Waals surface area contributed by atoms with Crippen molar-refractivity contribution in [2.75, 3.05) is 7.11 Å². The lowest BCUT2D eigenvalue weighted by molar-refractivity contribution is -0.133. The quantitative estimate of drug-likeness (QED) is 0.470. The maximum atomic E-state index is 12.9.